The van der Waals surface area contributed by atoms with Gasteiger partial charge in [-0.2, -0.15) is 0 Å². The zero-order valence-electron chi connectivity index (χ0n) is 15.0. The molecule has 0 bridgehead atoms. The number of anilines is 1. The molecule has 0 radical (unpaired) electrons. The van der Waals surface area contributed by atoms with Crippen LogP contribution in [0.4, 0.5) is 5.69 Å². The summed E-state index contributed by atoms with van der Waals surface area (Å²) >= 11 is 0. The summed E-state index contributed by atoms with van der Waals surface area (Å²) < 4.78 is 0. The molecule has 132 valence electrons. The molecule has 1 N–H and O–H groups in total. The molecule has 1 saturated heterocycles. The van der Waals surface area contributed by atoms with Gasteiger partial charge in [0, 0.05) is 25.8 Å². The third-order valence-electron chi connectivity index (χ3n) is 4.63. The van der Waals surface area contributed by atoms with E-state index in [1.54, 1.807) is 23.8 Å². The number of carbonyl (C=O) groups is 2. The lowest BCUT2D eigenvalue weighted by Gasteiger charge is -2.22. The highest BCUT2D eigenvalue weighted by atomic mass is 16.3. The van der Waals surface area contributed by atoms with Crippen molar-refractivity contribution in [2.75, 3.05) is 25.0 Å². The summed E-state index contributed by atoms with van der Waals surface area (Å²) in [7, 11) is 1.69. The Hall–Kier alpha value is -1.88. The highest BCUT2D eigenvalue weighted by molar-refractivity contribution is 6.09. The zero-order chi connectivity index (χ0) is 17.9. The first-order valence-corrected chi connectivity index (χ1v) is 8.65. The molecular weight excluding hydrogens is 304 g/mol. The summed E-state index contributed by atoms with van der Waals surface area (Å²) in [4.78, 5) is 28.4. The monoisotopic (exact) mass is 332 g/mol. The molecule has 2 atom stereocenters. The average Bonchev–Trinajstić information content (AvgIpc) is 2.93. The first kappa shape index (κ1) is 18.5. The summed E-state index contributed by atoms with van der Waals surface area (Å²) in [5.41, 5.74) is 2.09. The lowest BCUT2D eigenvalue weighted by atomic mass is 10.0. The number of hydrogen-bond acceptors (Lipinski definition) is 3. The largest absolute Gasteiger partial charge is 0.393 e. The number of aliphatic hydroxyl groups is 1. The molecule has 1 heterocycles. The molecule has 0 aliphatic carbocycles. The first-order chi connectivity index (χ1) is 11.3. The first-order valence-electron chi connectivity index (χ1n) is 8.65. The van der Waals surface area contributed by atoms with Crippen LogP contribution in [0.2, 0.25) is 0 Å². The minimum atomic E-state index is -0.603. The summed E-state index contributed by atoms with van der Waals surface area (Å²) in [6.45, 7) is 6.99. The molecule has 1 aliphatic heterocycles. The Morgan fingerprint density at radius 2 is 1.92 bits per heavy atom. The Kier molecular flexibility index (Phi) is 5.99. The molecule has 1 aliphatic rings. The third-order valence-corrected chi connectivity index (χ3v) is 4.63. The van der Waals surface area contributed by atoms with Crippen LogP contribution in [0.25, 0.3) is 0 Å². The van der Waals surface area contributed by atoms with Crippen molar-refractivity contribution in [3.63, 3.8) is 0 Å². The summed E-state index contributed by atoms with van der Waals surface area (Å²) in [6, 6.07) is 7.99. The summed E-state index contributed by atoms with van der Waals surface area (Å²) in [5.74, 6) is -0.429. The van der Waals surface area contributed by atoms with Crippen molar-refractivity contribution in [3.05, 3.63) is 29.8 Å². The highest BCUT2D eigenvalue weighted by Crippen LogP contribution is 2.27. The Morgan fingerprint density at radius 3 is 2.46 bits per heavy atom. The lowest BCUT2D eigenvalue weighted by molar-refractivity contribution is -0.139. The van der Waals surface area contributed by atoms with E-state index in [0.717, 1.165) is 5.69 Å². The average molecular weight is 332 g/mol. The van der Waals surface area contributed by atoms with Gasteiger partial charge in [-0.3, -0.25) is 9.59 Å². The van der Waals surface area contributed by atoms with Gasteiger partial charge < -0.3 is 14.9 Å². The van der Waals surface area contributed by atoms with Crippen molar-refractivity contribution in [1.29, 1.82) is 0 Å². The second-order valence-corrected chi connectivity index (χ2v) is 6.97. The number of aliphatic hydroxyl groups excluding tert-OH is 1. The van der Waals surface area contributed by atoms with E-state index in [1.165, 1.54) is 5.56 Å². The minimum absolute atomic E-state index is 0.124. The number of hydrogen-bond donors (Lipinski definition) is 1. The number of nitrogens with zero attached hydrogens (tertiary/aromatic N) is 2. The molecule has 0 spiro atoms. The fourth-order valence-corrected chi connectivity index (χ4v) is 2.96. The molecule has 5 heteroatoms. The van der Waals surface area contributed by atoms with Crippen LogP contribution < -0.4 is 4.90 Å². The molecule has 0 aromatic heterocycles. The predicted molar refractivity (Wildman–Crippen MR) is 94.9 cm³/mol. The number of rotatable bonds is 6. The van der Waals surface area contributed by atoms with Gasteiger partial charge in [0.25, 0.3) is 0 Å². The van der Waals surface area contributed by atoms with Gasteiger partial charge in [0.2, 0.25) is 11.8 Å². The Morgan fingerprint density at radius 1 is 1.29 bits per heavy atom. The second-order valence-electron chi connectivity index (χ2n) is 6.97. The molecule has 1 aromatic carbocycles. The zero-order valence-corrected chi connectivity index (χ0v) is 15.0. The van der Waals surface area contributed by atoms with Gasteiger partial charge in [0.05, 0.1) is 6.10 Å². The number of carbonyl (C=O) groups excluding carboxylic acids is 2. The van der Waals surface area contributed by atoms with Crippen LogP contribution in [0.3, 0.4) is 0 Å². The molecule has 24 heavy (non-hydrogen) atoms. The SMILES string of the molecule is CC(O)CCN(C)C(=O)C1CCN(c2ccc(C(C)C)cc2)C1=O. The van der Waals surface area contributed by atoms with Crippen molar-refractivity contribution in [3.8, 4) is 0 Å². The Labute approximate surface area is 144 Å². The van der Waals surface area contributed by atoms with Crippen LogP contribution in [-0.2, 0) is 9.59 Å². The van der Waals surface area contributed by atoms with E-state index in [0.29, 0.717) is 31.8 Å². The molecule has 2 amide bonds. The molecule has 2 unspecified atom stereocenters. The maximum atomic E-state index is 12.6. The quantitative estimate of drug-likeness (QED) is 0.814. The van der Waals surface area contributed by atoms with Crippen LogP contribution in [0, 0.1) is 5.92 Å². The molecule has 5 nitrogen and oxygen atoms in total. The maximum absolute atomic E-state index is 12.6. The van der Waals surface area contributed by atoms with E-state index < -0.39 is 12.0 Å². The normalized spacial score (nSPS) is 19.0. The van der Waals surface area contributed by atoms with Gasteiger partial charge in [0.15, 0.2) is 0 Å². The smallest absolute Gasteiger partial charge is 0.239 e. The van der Waals surface area contributed by atoms with E-state index in [2.05, 4.69) is 13.8 Å². The molecule has 1 aromatic rings. The van der Waals surface area contributed by atoms with Crippen LogP contribution in [0.1, 0.15) is 45.1 Å². The van der Waals surface area contributed by atoms with Crippen molar-refractivity contribution in [2.24, 2.45) is 5.92 Å². The van der Waals surface area contributed by atoms with E-state index in [-0.39, 0.29) is 11.8 Å². The second kappa shape index (κ2) is 7.79. The Balaban J connectivity index is 2.02. The Bertz CT molecular complexity index is 581. The van der Waals surface area contributed by atoms with Gasteiger partial charge in [-0.05, 0) is 43.4 Å². The number of amides is 2. The summed E-state index contributed by atoms with van der Waals surface area (Å²) in [6.07, 6.45) is 0.613. The standard InChI is InChI=1S/C19H28N2O3/c1-13(2)15-5-7-16(8-6-15)21-12-10-17(19(21)24)18(23)20(4)11-9-14(3)22/h5-8,13-14,17,22H,9-12H2,1-4H3. The van der Waals surface area contributed by atoms with Crippen LogP contribution in [0.15, 0.2) is 24.3 Å². The van der Waals surface area contributed by atoms with E-state index in [1.807, 2.05) is 24.3 Å². The van der Waals surface area contributed by atoms with E-state index in [9.17, 15) is 14.7 Å². The molecule has 0 saturated carbocycles. The van der Waals surface area contributed by atoms with Crippen LogP contribution in [0.5, 0.6) is 0 Å². The third kappa shape index (κ3) is 4.15. The number of benzene rings is 1. The molecule has 1 fully saturated rings. The van der Waals surface area contributed by atoms with Gasteiger partial charge in [-0.15, -0.1) is 0 Å². The maximum Gasteiger partial charge on any atom is 0.239 e. The van der Waals surface area contributed by atoms with Crippen molar-refractivity contribution in [1.82, 2.24) is 4.90 Å². The van der Waals surface area contributed by atoms with E-state index in [4.69, 9.17) is 0 Å². The van der Waals surface area contributed by atoms with Gasteiger partial charge in [-0.25, -0.2) is 0 Å². The fourth-order valence-electron chi connectivity index (χ4n) is 2.96. The lowest BCUT2D eigenvalue weighted by Crippen LogP contribution is -2.39. The highest BCUT2D eigenvalue weighted by Gasteiger charge is 2.38. The molecular formula is C19H28N2O3. The van der Waals surface area contributed by atoms with Crippen LogP contribution >= 0.6 is 0 Å². The van der Waals surface area contributed by atoms with E-state index >= 15 is 0 Å². The van der Waals surface area contributed by atoms with Gasteiger partial charge in [-0.1, -0.05) is 26.0 Å². The van der Waals surface area contributed by atoms with Gasteiger partial charge in [0.1, 0.15) is 5.92 Å². The topological polar surface area (TPSA) is 60.9 Å². The molecule has 2 rings (SSSR count). The van der Waals surface area contributed by atoms with Crippen molar-refractivity contribution in [2.45, 2.75) is 45.6 Å². The van der Waals surface area contributed by atoms with Crippen LogP contribution in [-0.4, -0.2) is 48.1 Å². The predicted octanol–water partition coefficient (Wildman–Crippen LogP) is 2.39. The van der Waals surface area contributed by atoms with Gasteiger partial charge >= 0.3 is 0 Å². The fraction of sp³-hybridized carbons (Fsp3) is 0.579. The summed E-state index contributed by atoms with van der Waals surface area (Å²) in [5, 5.41) is 9.34. The van der Waals surface area contributed by atoms with Crippen molar-refractivity contribution >= 4 is 17.5 Å². The van der Waals surface area contributed by atoms with Crippen molar-refractivity contribution < 1.29 is 14.7 Å². The minimum Gasteiger partial charge on any atom is -0.393 e.